The number of benzene rings is 3. The fourth-order valence-corrected chi connectivity index (χ4v) is 3.81. The van der Waals surface area contributed by atoms with Crippen molar-refractivity contribution in [1.82, 2.24) is 0 Å². The molecular weight excluding hydrogens is 346 g/mol. The van der Waals surface area contributed by atoms with Gasteiger partial charge in [0.25, 0.3) is 0 Å². The smallest absolute Gasteiger partial charge is 0.249 e. The molecule has 3 aromatic rings. The first-order chi connectivity index (χ1) is 12.6. The Balaban J connectivity index is 1.91. The van der Waals surface area contributed by atoms with E-state index in [-0.39, 0.29) is 18.2 Å². The van der Waals surface area contributed by atoms with Crippen LogP contribution in [-0.4, -0.2) is 11.8 Å². The van der Waals surface area contributed by atoms with Gasteiger partial charge in [-0.1, -0.05) is 78.3 Å². The van der Waals surface area contributed by atoms with Crippen LogP contribution >= 0.6 is 11.6 Å². The van der Waals surface area contributed by atoms with Crippen molar-refractivity contribution in [2.24, 2.45) is 0 Å². The van der Waals surface area contributed by atoms with Crippen LogP contribution in [0.3, 0.4) is 0 Å². The highest BCUT2D eigenvalue weighted by Crippen LogP contribution is 2.44. The molecule has 4 rings (SSSR count). The van der Waals surface area contributed by atoms with Gasteiger partial charge in [-0.25, -0.2) is 4.90 Å². The van der Waals surface area contributed by atoms with E-state index in [4.69, 9.17) is 11.6 Å². The van der Waals surface area contributed by atoms with Crippen molar-refractivity contribution in [3.63, 3.8) is 0 Å². The lowest BCUT2D eigenvalue weighted by Gasteiger charge is -2.28. The number of imide groups is 1. The average molecular weight is 362 g/mol. The molecule has 1 aliphatic rings. The minimum absolute atomic E-state index is 0.0897. The molecule has 4 heteroatoms. The molecule has 3 nitrogen and oxygen atoms in total. The fourth-order valence-electron chi connectivity index (χ4n) is 3.63. The van der Waals surface area contributed by atoms with E-state index in [0.717, 1.165) is 11.1 Å². The highest BCUT2D eigenvalue weighted by molar-refractivity contribution is 6.31. The van der Waals surface area contributed by atoms with Gasteiger partial charge >= 0.3 is 0 Å². The van der Waals surface area contributed by atoms with Crippen LogP contribution in [0.25, 0.3) is 0 Å². The predicted molar refractivity (Wildman–Crippen MR) is 102 cm³/mol. The topological polar surface area (TPSA) is 37.4 Å². The van der Waals surface area contributed by atoms with Gasteiger partial charge in [0.15, 0.2) is 0 Å². The zero-order chi connectivity index (χ0) is 18.1. The summed E-state index contributed by atoms with van der Waals surface area (Å²) in [6, 6.07) is 25.8. The molecule has 26 heavy (non-hydrogen) atoms. The van der Waals surface area contributed by atoms with E-state index in [9.17, 15) is 9.59 Å². The predicted octanol–water partition coefficient (Wildman–Crippen LogP) is 4.59. The van der Waals surface area contributed by atoms with E-state index in [1.807, 2.05) is 60.7 Å². The molecule has 0 aromatic heterocycles. The Bertz CT molecular complexity index is 930. The van der Waals surface area contributed by atoms with Gasteiger partial charge in [0.1, 0.15) is 5.41 Å². The van der Waals surface area contributed by atoms with Gasteiger partial charge < -0.3 is 0 Å². The molecule has 0 bridgehead atoms. The van der Waals surface area contributed by atoms with Gasteiger partial charge in [-0.05, 0) is 29.3 Å². The monoisotopic (exact) mass is 361 g/mol. The second kappa shape index (κ2) is 6.43. The minimum atomic E-state index is -1.03. The second-order valence-corrected chi connectivity index (χ2v) is 6.76. The Morgan fingerprint density at radius 1 is 0.769 bits per heavy atom. The summed E-state index contributed by atoms with van der Waals surface area (Å²) in [5, 5.41) is 0.486. The van der Waals surface area contributed by atoms with Crippen molar-refractivity contribution < 1.29 is 9.59 Å². The van der Waals surface area contributed by atoms with Gasteiger partial charge in [0, 0.05) is 5.02 Å². The van der Waals surface area contributed by atoms with Crippen LogP contribution in [0.15, 0.2) is 84.9 Å². The van der Waals surface area contributed by atoms with Crippen molar-refractivity contribution >= 4 is 29.1 Å². The zero-order valence-electron chi connectivity index (χ0n) is 13.9. The maximum absolute atomic E-state index is 13.6. The third-order valence-corrected chi connectivity index (χ3v) is 5.07. The number of hydrogen-bond acceptors (Lipinski definition) is 2. The molecule has 0 spiro atoms. The van der Waals surface area contributed by atoms with Crippen molar-refractivity contribution in [1.29, 1.82) is 0 Å². The first-order valence-electron chi connectivity index (χ1n) is 8.37. The van der Waals surface area contributed by atoms with E-state index in [1.165, 1.54) is 4.90 Å². The van der Waals surface area contributed by atoms with E-state index in [1.54, 1.807) is 24.3 Å². The molecule has 1 saturated heterocycles. The van der Waals surface area contributed by atoms with Crippen LogP contribution in [0.4, 0.5) is 5.69 Å². The number of hydrogen-bond donors (Lipinski definition) is 0. The molecule has 0 saturated carbocycles. The number of carbonyl (C=O) groups is 2. The first kappa shape index (κ1) is 16.6. The van der Waals surface area contributed by atoms with Gasteiger partial charge in [0.2, 0.25) is 11.8 Å². The van der Waals surface area contributed by atoms with Crippen molar-refractivity contribution in [2.45, 2.75) is 11.8 Å². The Hall–Kier alpha value is -2.91. The second-order valence-electron chi connectivity index (χ2n) is 6.33. The van der Waals surface area contributed by atoms with Crippen LogP contribution in [0.2, 0.25) is 5.02 Å². The van der Waals surface area contributed by atoms with Gasteiger partial charge in [-0.2, -0.15) is 0 Å². The number of nitrogens with zero attached hydrogens (tertiary/aromatic N) is 1. The van der Waals surface area contributed by atoms with Gasteiger partial charge in [-0.15, -0.1) is 0 Å². The molecule has 0 aliphatic carbocycles. The summed E-state index contributed by atoms with van der Waals surface area (Å²) in [6.07, 6.45) is 0.0897. The molecule has 0 atom stereocenters. The Morgan fingerprint density at radius 3 is 1.88 bits per heavy atom. The van der Waals surface area contributed by atoms with Gasteiger partial charge in [-0.3, -0.25) is 9.59 Å². The summed E-state index contributed by atoms with van der Waals surface area (Å²) in [7, 11) is 0. The summed E-state index contributed by atoms with van der Waals surface area (Å²) in [5.41, 5.74) is 1.10. The molecule has 1 aliphatic heterocycles. The Labute approximate surface area is 156 Å². The Morgan fingerprint density at radius 2 is 1.35 bits per heavy atom. The van der Waals surface area contributed by atoms with E-state index >= 15 is 0 Å². The normalized spacial score (nSPS) is 16.1. The highest BCUT2D eigenvalue weighted by Gasteiger charge is 2.54. The zero-order valence-corrected chi connectivity index (χ0v) is 14.7. The molecule has 0 radical (unpaired) electrons. The van der Waals surface area contributed by atoms with E-state index in [2.05, 4.69) is 0 Å². The van der Waals surface area contributed by atoms with E-state index < -0.39 is 5.41 Å². The summed E-state index contributed by atoms with van der Waals surface area (Å²) in [5.74, 6) is -0.480. The number of carbonyl (C=O) groups excluding carboxylic acids is 2. The van der Waals surface area contributed by atoms with Crippen LogP contribution in [0.5, 0.6) is 0 Å². The summed E-state index contributed by atoms with van der Waals surface area (Å²) in [6.45, 7) is 0. The quantitative estimate of drug-likeness (QED) is 0.640. The van der Waals surface area contributed by atoms with Crippen molar-refractivity contribution in [3.8, 4) is 0 Å². The third kappa shape index (κ3) is 2.52. The number of anilines is 1. The summed E-state index contributed by atoms with van der Waals surface area (Å²) >= 11 is 6.07. The highest BCUT2D eigenvalue weighted by atomic mass is 35.5. The molecule has 1 heterocycles. The number of rotatable bonds is 3. The molecule has 128 valence electrons. The molecule has 1 fully saturated rings. The first-order valence-corrected chi connectivity index (χ1v) is 8.75. The molecule has 0 N–H and O–H groups in total. The van der Waals surface area contributed by atoms with E-state index in [0.29, 0.717) is 10.7 Å². The lowest BCUT2D eigenvalue weighted by Crippen LogP contribution is -2.39. The summed E-state index contributed by atoms with van der Waals surface area (Å²) < 4.78 is 0. The minimum Gasteiger partial charge on any atom is -0.274 e. The molecule has 0 unspecified atom stereocenters. The standard InChI is InChI=1S/C22H16ClNO2/c23-18-12-7-13-19(14-18)24-20(25)15-22(21(24)26,16-8-3-1-4-9-16)17-10-5-2-6-11-17/h1-14H,15H2. The maximum atomic E-state index is 13.6. The number of amides is 2. The lowest BCUT2D eigenvalue weighted by atomic mass is 9.73. The third-order valence-electron chi connectivity index (χ3n) is 4.83. The number of halogens is 1. The largest absolute Gasteiger partial charge is 0.274 e. The van der Waals surface area contributed by atoms with Crippen LogP contribution < -0.4 is 4.90 Å². The maximum Gasteiger partial charge on any atom is 0.249 e. The van der Waals surface area contributed by atoms with Gasteiger partial charge in [0.05, 0.1) is 12.1 Å². The summed E-state index contributed by atoms with van der Waals surface area (Å²) in [4.78, 5) is 27.8. The Kier molecular flexibility index (Phi) is 4.09. The lowest BCUT2D eigenvalue weighted by molar-refractivity contribution is -0.122. The van der Waals surface area contributed by atoms with Crippen LogP contribution in [0.1, 0.15) is 17.5 Å². The van der Waals surface area contributed by atoms with Crippen molar-refractivity contribution in [2.75, 3.05) is 4.90 Å². The van der Waals surface area contributed by atoms with Crippen LogP contribution in [-0.2, 0) is 15.0 Å². The van der Waals surface area contributed by atoms with Crippen LogP contribution in [0, 0.1) is 0 Å². The average Bonchev–Trinajstić information content (AvgIpc) is 2.94. The SMILES string of the molecule is O=C1CC(c2ccccc2)(c2ccccc2)C(=O)N1c1cccc(Cl)c1. The molecule has 3 aromatic carbocycles. The fraction of sp³-hybridized carbons (Fsp3) is 0.0909. The van der Waals surface area contributed by atoms with Crippen molar-refractivity contribution in [3.05, 3.63) is 101 Å². The molecular formula is C22H16ClNO2. The molecule has 2 amide bonds.